The SMILES string of the molecule is c1ccc2c(-c3cn4c(ncn4NC4CCCCC4)n3)cccc2c1. The van der Waals surface area contributed by atoms with Crippen molar-refractivity contribution in [3.05, 3.63) is 55.0 Å². The van der Waals surface area contributed by atoms with Crippen molar-refractivity contribution in [3.8, 4) is 11.3 Å². The van der Waals surface area contributed by atoms with Gasteiger partial charge in [0.05, 0.1) is 11.9 Å². The number of hydrogen-bond acceptors (Lipinski definition) is 3. The molecule has 1 aliphatic rings. The van der Waals surface area contributed by atoms with Gasteiger partial charge in [-0.05, 0) is 23.6 Å². The molecule has 0 amide bonds. The van der Waals surface area contributed by atoms with E-state index in [9.17, 15) is 0 Å². The van der Waals surface area contributed by atoms with Crippen LogP contribution in [0.15, 0.2) is 55.0 Å². The Morgan fingerprint density at radius 3 is 2.72 bits per heavy atom. The molecular weight excluding hydrogens is 310 g/mol. The van der Waals surface area contributed by atoms with Crippen LogP contribution in [-0.4, -0.2) is 25.3 Å². The summed E-state index contributed by atoms with van der Waals surface area (Å²) in [5.74, 6) is 0.728. The highest BCUT2D eigenvalue weighted by molar-refractivity contribution is 5.95. The molecule has 0 radical (unpaired) electrons. The molecule has 1 aliphatic carbocycles. The van der Waals surface area contributed by atoms with Gasteiger partial charge in [0.25, 0.3) is 5.78 Å². The molecule has 2 aromatic heterocycles. The summed E-state index contributed by atoms with van der Waals surface area (Å²) in [6.07, 6.45) is 10.3. The average Bonchev–Trinajstić information content (AvgIpc) is 3.24. The van der Waals surface area contributed by atoms with Gasteiger partial charge < -0.3 is 5.43 Å². The van der Waals surface area contributed by atoms with Gasteiger partial charge in [-0.3, -0.25) is 0 Å². The third kappa shape index (κ3) is 2.56. The van der Waals surface area contributed by atoms with Gasteiger partial charge in [0.15, 0.2) is 0 Å². The van der Waals surface area contributed by atoms with Gasteiger partial charge in [0, 0.05) is 11.6 Å². The number of nitrogens with zero attached hydrogens (tertiary/aromatic N) is 4. The minimum absolute atomic E-state index is 0.523. The zero-order chi connectivity index (χ0) is 16.6. The first-order valence-corrected chi connectivity index (χ1v) is 9.06. The summed E-state index contributed by atoms with van der Waals surface area (Å²) >= 11 is 0. The van der Waals surface area contributed by atoms with Crippen LogP contribution in [-0.2, 0) is 0 Å². The van der Waals surface area contributed by atoms with E-state index in [0.29, 0.717) is 6.04 Å². The summed E-state index contributed by atoms with van der Waals surface area (Å²) in [5.41, 5.74) is 5.69. The molecule has 4 aromatic rings. The highest BCUT2D eigenvalue weighted by atomic mass is 15.6. The Bertz CT molecular complexity index is 1020. The maximum atomic E-state index is 4.74. The van der Waals surface area contributed by atoms with Gasteiger partial charge in [-0.2, -0.15) is 9.77 Å². The van der Waals surface area contributed by atoms with Crippen molar-refractivity contribution in [2.75, 3.05) is 5.43 Å². The molecule has 0 spiro atoms. The Labute approximate surface area is 146 Å². The standard InChI is InChI=1S/C20H21N5/c1-2-9-16(10-3-1)23-25-14-21-20-22-19(13-24(20)25)18-12-6-8-15-7-4-5-11-17(15)18/h4-8,11-14,16,23H,1-3,9-10H2. The number of imidazole rings is 1. The lowest BCUT2D eigenvalue weighted by molar-refractivity contribution is 0.425. The Balaban J connectivity index is 1.54. The van der Waals surface area contributed by atoms with E-state index in [0.717, 1.165) is 17.0 Å². The highest BCUT2D eigenvalue weighted by Crippen LogP contribution is 2.28. The van der Waals surface area contributed by atoms with E-state index in [1.54, 1.807) is 0 Å². The predicted octanol–water partition coefficient (Wildman–Crippen LogP) is 4.23. The number of fused-ring (bicyclic) bond motifs is 2. The fraction of sp³-hybridized carbons (Fsp3) is 0.300. The van der Waals surface area contributed by atoms with Crippen molar-refractivity contribution < 1.29 is 0 Å². The van der Waals surface area contributed by atoms with Crippen LogP contribution in [0.1, 0.15) is 32.1 Å². The van der Waals surface area contributed by atoms with Gasteiger partial charge in [0.2, 0.25) is 0 Å². The molecule has 1 fully saturated rings. The largest absolute Gasteiger partial charge is 0.307 e. The third-order valence-electron chi connectivity index (χ3n) is 5.17. The lowest BCUT2D eigenvalue weighted by Crippen LogP contribution is -2.31. The first kappa shape index (κ1) is 14.5. The fourth-order valence-electron chi connectivity index (χ4n) is 3.86. The molecular formula is C20H21N5. The van der Waals surface area contributed by atoms with Crippen LogP contribution < -0.4 is 5.43 Å². The summed E-state index contributed by atoms with van der Waals surface area (Å²) in [5, 5.41) is 2.45. The fourth-order valence-corrected chi connectivity index (χ4v) is 3.86. The maximum Gasteiger partial charge on any atom is 0.252 e. The summed E-state index contributed by atoms with van der Waals surface area (Å²) in [7, 11) is 0. The van der Waals surface area contributed by atoms with Gasteiger partial charge in [0.1, 0.15) is 6.33 Å². The summed E-state index contributed by atoms with van der Waals surface area (Å²) in [4.78, 5) is 11.2. The van der Waals surface area contributed by atoms with Crippen LogP contribution in [0, 0.1) is 0 Å². The van der Waals surface area contributed by atoms with Crippen molar-refractivity contribution in [1.82, 2.24) is 19.3 Å². The Hall–Kier alpha value is -2.82. The van der Waals surface area contributed by atoms with Gasteiger partial charge in [-0.25, -0.2) is 9.50 Å². The minimum Gasteiger partial charge on any atom is -0.307 e. The van der Waals surface area contributed by atoms with Crippen LogP contribution in [0.5, 0.6) is 0 Å². The molecule has 1 saturated carbocycles. The van der Waals surface area contributed by atoms with Crippen LogP contribution in [0.3, 0.4) is 0 Å². The van der Waals surface area contributed by atoms with E-state index in [1.165, 1.54) is 42.9 Å². The van der Waals surface area contributed by atoms with Crippen LogP contribution in [0.25, 0.3) is 27.8 Å². The molecule has 0 saturated heterocycles. The molecule has 126 valence electrons. The third-order valence-corrected chi connectivity index (χ3v) is 5.17. The van der Waals surface area contributed by atoms with E-state index in [1.807, 2.05) is 15.6 Å². The second-order valence-corrected chi connectivity index (χ2v) is 6.85. The van der Waals surface area contributed by atoms with Gasteiger partial charge >= 0.3 is 0 Å². The molecule has 0 atom stereocenters. The van der Waals surface area contributed by atoms with E-state index >= 15 is 0 Å². The number of aromatic nitrogens is 4. The number of rotatable bonds is 3. The zero-order valence-electron chi connectivity index (χ0n) is 14.1. The van der Waals surface area contributed by atoms with E-state index in [2.05, 4.69) is 59.1 Å². The van der Waals surface area contributed by atoms with Crippen molar-refractivity contribution in [3.63, 3.8) is 0 Å². The van der Waals surface area contributed by atoms with Crippen molar-refractivity contribution in [1.29, 1.82) is 0 Å². The van der Waals surface area contributed by atoms with Crippen LogP contribution in [0.4, 0.5) is 0 Å². The molecule has 0 unspecified atom stereocenters. The van der Waals surface area contributed by atoms with Crippen LogP contribution >= 0.6 is 0 Å². The van der Waals surface area contributed by atoms with Gasteiger partial charge in [-0.1, -0.05) is 61.7 Å². The van der Waals surface area contributed by atoms with Crippen molar-refractivity contribution in [2.24, 2.45) is 0 Å². The topological polar surface area (TPSA) is 47.1 Å². The Morgan fingerprint density at radius 1 is 0.960 bits per heavy atom. The second-order valence-electron chi connectivity index (χ2n) is 6.85. The molecule has 1 N–H and O–H groups in total. The molecule has 5 nitrogen and oxygen atoms in total. The molecule has 2 heterocycles. The van der Waals surface area contributed by atoms with E-state index in [4.69, 9.17) is 4.98 Å². The monoisotopic (exact) mass is 331 g/mol. The van der Waals surface area contributed by atoms with Crippen molar-refractivity contribution >= 4 is 16.6 Å². The lowest BCUT2D eigenvalue weighted by Gasteiger charge is -2.23. The Kier molecular flexibility index (Phi) is 3.44. The first-order valence-electron chi connectivity index (χ1n) is 9.06. The minimum atomic E-state index is 0.523. The molecule has 5 rings (SSSR count). The second kappa shape index (κ2) is 5.92. The summed E-state index contributed by atoms with van der Waals surface area (Å²) in [6, 6.07) is 15.3. The Morgan fingerprint density at radius 2 is 1.80 bits per heavy atom. The van der Waals surface area contributed by atoms with Crippen LogP contribution in [0.2, 0.25) is 0 Å². The van der Waals surface area contributed by atoms with E-state index in [-0.39, 0.29) is 0 Å². The number of hydrogen-bond donors (Lipinski definition) is 1. The number of nitrogens with one attached hydrogen (secondary N) is 1. The molecule has 0 aliphatic heterocycles. The smallest absolute Gasteiger partial charge is 0.252 e. The van der Waals surface area contributed by atoms with Gasteiger partial charge in [-0.15, -0.1) is 0 Å². The molecule has 0 bridgehead atoms. The predicted molar refractivity (Wildman–Crippen MR) is 100 cm³/mol. The maximum absolute atomic E-state index is 4.74. The van der Waals surface area contributed by atoms with E-state index < -0.39 is 0 Å². The first-order chi connectivity index (χ1) is 12.4. The zero-order valence-corrected chi connectivity index (χ0v) is 14.1. The molecule has 2 aromatic carbocycles. The lowest BCUT2D eigenvalue weighted by atomic mass is 9.96. The van der Waals surface area contributed by atoms with Crippen molar-refractivity contribution in [2.45, 2.75) is 38.1 Å². The quantitative estimate of drug-likeness (QED) is 0.611. The highest BCUT2D eigenvalue weighted by Gasteiger charge is 2.16. The molecule has 5 heteroatoms. The summed E-state index contributed by atoms with van der Waals surface area (Å²) in [6.45, 7) is 0. The normalized spacial score (nSPS) is 15.8. The average molecular weight is 331 g/mol. The molecule has 25 heavy (non-hydrogen) atoms. The number of benzene rings is 2. The summed E-state index contributed by atoms with van der Waals surface area (Å²) < 4.78 is 2.01.